The van der Waals surface area contributed by atoms with Crippen LogP contribution in [0.15, 0.2) is 0 Å². The van der Waals surface area contributed by atoms with E-state index in [0.29, 0.717) is 6.54 Å². The molecule has 0 aromatic heterocycles. The quantitative estimate of drug-likeness (QED) is 0.434. The van der Waals surface area contributed by atoms with Crippen molar-refractivity contribution in [2.24, 2.45) is 0 Å². The van der Waals surface area contributed by atoms with E-state index in [1.54, 1.807) is 7.05 Å². The zero-order chi connectivity index (χ0) is 8.85. The van der Waals surface area contributed by atoms with Gasteiger partial charge in [0.05, 0.1) is 0 Å². The molecule has 0 fully saturated rings. The summed E-state index contributed by atoms with van der Waals surface area (Å²) in [6.07, 6.45) is 0. The van der Waals surface area contributed by atoms with E-state index >= 15 is 0 Å². The van der Waals surface area contributed by atoms with Gasteiger partial charge >= 0.3 is 0 Å². The van der Waals surface area contributed by atoms with E-state index < -0.39 is 11.0 Å². The number of hydrogen-bond acceptors (Lipinski definition) is 5. The van der Waals surface area contributed by atoms with Gasteiger partial charge in [0.1, 0.15) is 0 Å². The minimum Gasteiger partial charge on any atom is -0.308 e. The molecule has 0 aromatic carbocycles. The first-order valence-electron chi connectivity index (χ1n) is 3.20. The average molecular weight is 182 g/mol. The Bertz CT molecular complexity index is 161. The van der Waals surface area contributed by atoms with Crippen LogP contribution in [0.4, 0.5) is 0 Å². The molecule has 68 valence electrons. The van der Waals surface area contributed by atoms with Crippen molar-refractivity contribution in [1.82, 2.24) is 9.96 Å². The van der Waals surface area contributed by atoms with Crippen LogP contribution in [-0.4, -0.2) is 52.6 Å². The van der Waals surface area contributed by atoms with Crippen molar-refractivity contribution in [1.29, 1.82) is 0 Å². The highest BCUT2D eigenvalue weighted by Gasteiger charge is 1.99. The smallest absolute Gasteiger partial charge is 0.273 e. The van der Waals surface area contributed by atoms with Gasteiger partial charge in [0.25, 0.3) is 11.0 Å². The van der Waals surface area contributed by atoms with Crippen LogP contribution in [0.2, 0.25) is 0 Å². The Balaban J connectivity index is 3.44. The fourth-order valence-corrected chi connectivity index (χ4v) is 0.805. The molecule has 0 heterocycles. The minimum absolute atomic E-state index is 0.566. The first-order valence-corrected chi connectivity index (χ1v) is 4.30. The molecule has 0 aliphatic carbocycles. The third kappa shape index (κ3) is 7.73. The number of hydrogen-bond donors (Lipinski definition) is 1. The highest BCUT2D eigenvalue weighted by molar-refractivity contribution is 7.67. The summed E-state index contributed by atoms with van der Waals surface area (Å²) in [5, 5.41) is 1.28. The maximum atomic E-state index is 10.0. The van der Waals surface area contributed by atoms with Gasteiger partial charge in [-0.15, -0.1) is 0 Å². The highest BCUT2D eigenvalue weighted by Crippen LogP contribution is 1.85. The molecule has 0 unspecified atom stereocenters. The fourth-order valence-electron chi connectivity index (χ4n) is 0.495. The summed E-state index contributed by atoms with van der Waals surface area (Å²) in [4.78, 5) is 1.94. The van der Waals surface area contributed by atoms with Gasteiger partial charge in [0.2, 0.25) is 0 Å². The van der Waals surface area contributed by atoms with Crippen molar-refractivity contribution in [3.8, 4) is 0 Å². The summed E-state index contributed by atoms with van der Waals surface area (Å²) in [6, 6.07) is 0. The van der Waals surface area contributed by atoms with Crippen LogP contribution >= 0.6 is 0 Å². The first-order chi connectivity index (χ1) is 5.02. The maximum Gasteiger partial charge on any atom is 0.273 e. The second kappa shape index (κ2) is 5.48. The Morgan fingerprint density at radius 1 is 1.18 bits per heavy atom. The topological polar surface area (TPSA) is 49.9 Å². The lowest BCUT2D eigenvalue weighted by Crippen LogP contribution is -2.28. The molecular formula is C5H14N2O3S. The average Bonchev–Trinajstić information content (AvgIpc) is 1.82. The van der Waals surface area contributed by atoms with Crippen LogP contribution in [0.25, 0.3) is 0 Å². The number of thiol groups is 1. The van der Waals surface area contributed by atoms with Gasteiger partial charge in [-0.05, 0) is 14.1 Å². The van der Waals surface area contributed by atoms with Crippen molar-refractivity contribution in [2.75, 3.05) is 34.2 Å². The molecule has 0 amide bonds. The molecule has 0 bridgehead atoms. The van der Waals surface area contributed by atoms with Crippen molar-refractivity contribution in [2.45, 2.75) is 0 Å². The lowest BCUT2D eigenvalue weighted by molar-refractivity contribution is -0.0223. The highest BCUT2D eigenvalue weighted by atomic mass is 32.2. The zero-order valence-corrected chi connectivity index (χ0v) is 7.88. The SMILES string of the molecule is CN(C)CCN(C)O[SH](=O)=O. The van der Waals surface area contributed by atoms with Gasteiger partial charge in [-0.1, -0.05) is 0 Å². The summed E-state index contributed by atoms with van der Waals surface area (Å²) in [5.74, 6) is 0. The Kier molecular flexibility index (Phi) is 5.39. The Morgan fingerprint density at radius 2 is 1.73 bits per heavy atom. The lowest BCUT2D eigenvalue weighted by atomic mass is 10.6. The van der Waals surface area contributed by atoms with Gasteiger partial charge in [0.15, 0.2) is 0 Å². The summed E-state index contributed by atoms with van der Waals surface area (Å²) in [5.41, 5.74) is 0. The fraction of sp³-hybridized carbons (Fsp3) is 1.00. The standard InChI is InChI=1S/C5H14N2O3S/c1-6(2)4-5-7(3)10-11(8)9/h11H,4-5H2,1-3H3. The van der Waals surface area contributed by atoms with Gasteiger partial charge in [-0.25, -0.2) is 8.42 Å². The Labute approximate surface area is 68.7 Å². The Hall–Kier alpha value is -0.170. The molecule has 0 atom stereocenters. The lowest BCUT2D eigenvalue weighted by Gasteiger charge is -2.14. The van der Waals surface area contributed by atoms with E-state index in [1.807, 2.05) is 19.0 Å². The predicted molar refractivity (Wildman–Crippen MR) is 42.6 cm³/mol. The molecule has 0 spiro atoms. The van der Waals surface area contributed by atoms with Crippen molar-refractivity contribution < 1.29 is 12.7 Å². The molecule has 0 radical (unpaired) electrons. The maximum absolute atomic E-state index is 10.0. The molecule has 0 aliphatic heterocycles. The molecule has 0 saturated heterocycles. The van der Waals surface area contributed by atoms with Crippen LogP contribution in [0.1, 0.15) is 0 Å². The molecule has 0 rings (SSSR count). The molecule has 0 saturated carbocycles. The second-order valence-corrected chi connectivity index (χ2v) is 3.07. The summed E-state index contributed by atoms with van der Waals surface area (Å²) < 4.78 is 24.4. The van der Waals surface area contributed by atoms with Gasteiger partial charge in [-0.3, -0.25) is 0 Å². The third-order valence-electron chi connectivity index (χ3n) is 1.07. The van der Waals surface area contributed by atoms with Crippen LogP contribution in [0.5, 0.6) is 0 Å². The zero-order valence-electron chi connectivity index (χ0n) is 6.98. The van der Waals surface area contributed by atoms with Crippen molar-refractivity contribution in [3.63, 3.8) is 0 Å². The largest absolute Gasteiger partial charge is 0.308 e. The number of rotatable bonds is 5. The molecule has 5 nitrogen and oxygen atoms in total. The van der Waals surface area contributed by atoms with Crippen molar-refractivity contribution >= 4 is 11.0 Å². The van der Waals surface area contributed by atoms with Gasteiger partial charge < -0.3 is 4.90 Å². The third-order valence-corrected chi connectivity index (χ3v) is 1.48. The Morgan fingerprint density at radius 3 is 2.09 bits per heavy atom. The van der Waals surface area contributed by atoms with Crippen LogP contribution in [0.3, 0.4) is 0 Å². The van der Waals surface area contributed by atoms with Crippen LogP contribution in [0, 0.1) is 0 Å². The van der Waals surface area contributed by atoms with Gasteiger partial charge in [0, 0.05) is 20.1 Å². The van der Waals surface area contributed by atoms with Crippen LogP contribution in [-0.2, 0) is 15.3 Å². The first kappa shape index (κ1) is 10.8. The number of likely N-dealkylation sites (N-methyl/N-ethyl adjacent to an activating group) is 2. The second-order valence-electron chi connectivity index (χ2n) is 2.46. The predicted octanol–water partition coefficient (Wildman–Crippen LogP) is -1.06. The molecule has 11 heavy (non-hydrogen) atoms. The van der Waals surface area contributed by atoms with E-state index in [1.165, 1.54) is 5.06 Å². The van der Waals surface area contributed by atoms with E-state index in [-0.39, 0.29) is 0 Å². The normalized spacial score (nSPS) is 11.8. The van der Waals surface area contributed by atoms with Gasteiger partial charge in [-0.2, -0.15) is 9.35 Å². The summed E-state index contributed by atoms with van der Waals surface area (Å²) in [7, 11) is 2.63. The monoisotopic (exact) mass is 182 g/mol. The van der Waals surface area contributed by atoms with E-state index in [9.17, 15) is 8.42 Å². The van der Waals surface area contributed by atoms with Crippen LogP contribution < -0.4 is 0 Å². The molecule has 0 aliphatic rings. The minimum atomic E-state index is -2.76. The summed E-state index contributed by atoms with van der Waals surface area (Å²) in [6.45, 7) is 1.33. The number of hydroxylamine groups is 2. The van der Waals surface area contributed by atoms with E-state index in [0.717, 1.165) is 6.54 Å². The number of nitrogens with zero attached hydrogens (tertiary/aromatic N) is 2. The molecule has 0 N–H and O–H groups in total. The molecular weight excluding hydrogens is 168 g/mol. The van der Waals surface area contributed by atoms with E-state index in [2.05, 4.69) is 4.28 Å². The molecule has 0 aromatic rings. The summed E-state index contributed by atoms with van der Waals surface area (Å²) >= 11 is 0. The molecule has 6 heteroatoms. The van der Waals surface area contributed by atoms with E-state index in [4.69, 9.17) is 0 Å². The van der Waals surface area contributed by atoms with Crippen molar-refractivity contribution in [3.05, 3.63) is 0 Å².